The lowest BCUT2D eigenvalue weighted by molar-refractivity contribution is -0.134. The summed E-state index contributed by atoms with van der Waals surface area (Å²) in [5.74, 6) is 0.500. The Labute approximate surface area is 116 Å². The number of carbonyl (C=O) groups excluding carboxylic acids is 1. The van der Waals surface area contributed by atoms with Crippen molar-refractivity contribution in [1.82, 2.24) is 5.48 Å². The number of unbranched alkanes of at least 4 members (excludes halogenated alkanes) is 2. The number of benzene rings is 1. The lowest BCUT2D eigenvalue weighted by Gasteiger charge is -2.08. The smallest absolute Gasteiger partial charge is 0.243 e. The first-order valence-electron chi connectivity index (χ1n) is 7.13. The lowest BCUT2D eigenvalue weighted by Crippen LogP contribution is -2.23. The summed E-state index contributed by atoms with van der Waals surface area (Å²) in [4.78, 5) is 16.6. The van der Waals surface area contributed by atoms with E-state index in [0.29, 0.717) is 18.9 Å². The van der Waals surface area contributed by atoms with Gasteiger partial charge in [-0.25, -0.2) is 5.48 Å². The van der Waals surface area contributed by atoms with Crippen LogP contribution in [0.1, 0.15) is 63.5 Å². The minimum Gasteiger partial charge on any atom is -0.273 e. The van der Waals surface area contributed by atoms with Crippen LogP contribution in [0.4, 0.5) is 0 Å². The zero-order valence-corrected chi connectivity index (χ0v) is 12.2. The first-order chi connectivity index (χ1) is 9.13. The summed E-state index contributed by atoms with van der Waals surface area (Å²) in [6.45, 7) is 6.87. The molecular weight excluding hydrogens is 238 g/mol. The molecule has 3 heteroatoms. The fourth-order valence-electron chi connectivity index (χ4n) is 1.79. The van der Waals surface area contributed by atoms with Crippen molar-refractivity contribution in [1.29, 1.82) is 0 Å². The van der Waals surface area contributed by atoms with Gasteiger partial charge in [0.2, 0.25) is 5.91 Å². The van der Waals surface area contributed by atoms with E-state index in [1.165, 1.54) is 5.56 Å². The molecule has 1 rings (SSSR count). The summed E-state index contributed by atoms with van der Waals surface area (Å²) in [6, 6.07) is 8.29. The molecule has 19 heavy (non-hydrogen) atoms. The van der Waals surface area contributed by atoms with Crippen LogP contribution < -0.4 is 5.48 Å². The van der Waals surface area contributed by atoms with Crippen molar-refractivity contribution in [3.8, 4) is 0 Å². The van der Waals surface area contributed by atoms with Gasteiger partial charge in [0, 0.05) is 6.42 Å². The van der Waals surface area contributed by atoms with Gasteiger partial charge in [-0.15, -0.1) is 0 Å². The third-order valence-electron chi connectivity index (χ3n) is 3.08. The monoisotopic (exact) mass is 263 g/mol. The largest absolute Gasteiger partial charge is 0.273 e. The minimum absolute atomic E-state index is 0.0350. The summed E-state index contributed by atoms with van der Waals surface area (Å²) >= 11 is 0. The third kappa shape index (κ3) is 6.39. The quantitative estimate of drug-likeness (QED) is 0.570. The standard InChI is InChI=1S/C16H25NO2/c1-4-5-6-7-16(18)17-19-12-14-8-10-15(11-9-14)13(2)3/h8-11,13H,4-7,12H2,1-3H3,(H,17,18). The maximum atomic E-state index is 11.4. The molecule has 0 radical (unpaired) electrons. The molecule has 0 fully saturated rings. The molecule has 106 valence electrons. The Bertz CT molecular complexity index is 371. The number of hydrogen-bond donors (Lipinski definition) is 1. The molecular formula is C16H25NO2. The van der Waals surface area contributed by atoms with E-state index in [-0.39, 0.29) is 5.91 Å². The molecule has 0 spiro atoms. The topological polar surface area (TPSA) is 38.3 Å². The molecule has 1 aromatic carbocycles. The number of amides is 1. The van der Waals surface area contributed by atoms with Gasteiger partial charge in [-0.1, -0.05) is 57.9 Å². The van der Waals surface area contributed by atoms with Gasteiger partial charge in [-0.05, 0) is 23.5 Å². The van der Waals surface area contributed by atoms with Crippen LogP contribution in [0.3, 0.4) is 0 Å². The molecule has 1 N–H and O–H groups in total. The fraction of sp³-hybridized carbons (Fsp3) is 0.562. The second-order valence-corrected chi connectivity index (χ2v) is 5.17. The van der Waals surface area contributed by atoms with Crippen LogP contribution in [-0.2, 0) is 16.2 Å². The van der Waals surface area contributed by atoms with E-state index < -0.39 is 0 Å². The summed E-state index contributed by atoms with van der Waals surface area (Å²) in [7, 11) is 0. The van der Waals surface area contributed by atoms with Crippen molar-refractivity contribution in [2.45, 2.75) is 59.0 Å². The second-order valence-electron chi connectivity index (χ2n) is 5.17. The second kappa shape index (κ2) is 8.70. The van der Waals surface area contributed by atoms with Crippen molar-refractivity contribution in [3.63, 3.8) is 0 Å². The third-order valence-corrected chi connectivity index (χ3v) is 3.08. The van der Waals surface area contributed by atoms with Crippen LogP contribution >= 0.6 is 0 Å². The molecule has 0 bridgehead atoms. The zero-order chi connectivity index (χ0) is 14.1. The zero-order valence-electron chi connectivity index (χ0n) is 12.2. The van der Waals surface area contributed by atoms with Crippen molar-refractivity contribution in [3.05, 3.63) is 35.4 Å². The Morgan fingerprint density at radius 1 is 1.21 bits per heavy atom. The van der Waals surface area contributed by atoms with E-state index in [9.17, 15) is 4.79 Å². The fourth-order valence-corrected chi connectivity index (χ4v) is 1.79. The van der Waals surface area contributed by atoms with E-state index in [2.05, 4.69) is 38.4 Å². The van der Waals surface area contributed by atoms with Crippen LogP contribution in [0.2, 0.25) is 0 Å². The Morgan fingerprint density at radius 3 is 2.47 bits per heavy atom. The van der Waals surface area contributed by atoms with Crippen LogP contribution in [0, 0.1) is 0 Å². The summed E-state index contributed by atoms with van der Waals surface area (Å²) in [5.41, 5.74) is 4.87. The average molecular weight is 263 g/mol. The van der Waals surface area contributed by atoms with E-state index in [0.717, 1.165) is 24.8 Å². The molecule has 0 saturated heterocycles. The highest BCUT2D eigenvalue weighted by atomic mass is 16.6. The molecule has 1 aromatic rings. The molecule has 1 amide bonds. The maximum absolute atomic E-state index is 11.4. The summed E-state index contributed by atoms with van der Waals surface area (Å²) in [6.07, 6.45) is 3.68. The van der Waals surface area contributed by atoms with E-state index in [1.54, 1.807) is 0 Å². The number of nitrogens with one attached hydrogen (secondary N) is 1. The molecule has 0 aliphatic rings. The van der Waals surface area contributed by atoms with E-state index >= 15 is 0 Å². The predicted octanol–water partition coefficient (Wildman–Crippen LogP) is 3.94. The molecule has 0 heterocycles. The highest BCUT2D eigenvalue weighted by molar-refractivity contribution is 5.74. The minimum atomic E-state index is -0.0350. The van der Waals surface area contributed by atoms with Crippen LogP contribution in [0.5, 0.6) is 0 Å². The number of rotatable bonds is 8. The van der Waals surface area contributed by atoms with Crippen LogP contribution in [-0.4, -0.2) is 5.91 Å². The maximum Gasteiger partial charge on any atom is 0.243 e. The average Bonchev–Trinajstić information content (AvgIpc) is 2.39. The van der Waals surface area contributed by atoms with Gasteiger partial charge in [0.15, 0.2) is 0 Å². The molecule has 0 aliphatic heterocycles. The molecule has 0 unspecified atom stereocenters. The number of hydrogen-bond acceptors (Lipinski definition) is 2. The summed E-state index contributed by atoms with van der Waals surface area (Å²) in [5, 5.41) is 0. The van der Waals surface area contributed by atoms with Crippen molar-refractivity contribution < 1.29 is 9.63 Å². The molecule has 0 saturated carbocycles. The van der Waals surface area contributed by atoms with Gasteiger partial charge in [0.25, 0.3) is 0 Å². The highest BCUT2D eigenvalue weighted by Gasteiger charge is 2.02. The van der Waals surface area contributed by atoms with Crippen molar-refractivity contribution >= 4 is 5.91 Å². The Balaban J connectivity index is 2.23. The highest BCUT2D eigenvalue weighted by Crippen LogP contribution is 2.14. The lowest BCUT2D eigenvalue weighted by atomic mass is 10.0. The van der Waals surface area contributed by atoms with Gasteiger partial charge in [0.1, 0.15) is 0 Å². The van der Waals surface area contributed by atoms with Crippen molar-refractivity contribution in [2.75, 3.05) is 0 Å². The Hall–Kier alpha value is -1.35. The van der Waals surface area contributed by atoms with Crippen LogP contribution in [0.25, 0.3) is 0 Å². The predicted molar refractivity (Wildman–Crippen MR) is 77.6 cm³/mol. The van der Waals surface area contributed by atoms with Gasteiger partial charge in [-0.2, -0.15) is 0 Å². The normalized spacial score (nSPS) is 10.7. The molecule has 0 aliphatic carbocycles. The van der Waals surface area contributed by atoms with Crippen LogP contribution in [0.15, 0.2) is 24.3 Å². The Kier molecular flexibility index (Phi) is 7.19. The van der Waals surface area contributed by atoms with Gasteiger partial charge < -0.3 is 0 Å². The summed E-state index contributed by atoms with van der Waals surface area (Å²) < 4.78 is 0. The first-order valence-corrected chi connectivity index (χ1v) is 7.13. The van der Waals surface area contributed by atoms with Gasteiger partial charge in [0.05, 0.1) is 6.61 Å². The SMILES string of the molecule is CCCCCC(=O)NOCc1ccc(C(C)C)cc1. The van der Waals surface area contributed by atoms with E-state index in [4.69, 9.17) is 4.84 Å². The van der Waals surface area contributed by atoms with Crippen molar-refractivity contribution in [2.24, 2.45) is 0 Å². The molecule has 0 atom stereocenters. The first kappa shape index (κ1) is 15.7. The van der Waals surface area contributed by atoms with Gasteiger partial charge >= 0.3 is 0 Å². The molecule has 3 nitrogen and oxygen atoms in total. The number of carbonyl (C=O) groups is 1. The Morgan fingerprint density at radius 2 is 1.89 bits per heavy atom. The number of hydroxylamine groups is 1. The van der Waals surface area contributed by atoms with Gasteiger partial charge in [-0.3, -0.25) is 9.63 Å². The van der Waals surface area contributed by atoms with E-state index in [1.807, 2.05) is 12.1 Å². The molecule has 0 aromatic heterocycles.